The van der Waals surface area contributed by atoms with Gasteiger partial charge in [0.05, 0.1) is 11.8 Å². The number of hydrogen-bond acceptors (Lipinski definition) is 3. The molecule has 4 unspecified atom stereocenters. The molecule has 5 nitrogen and oxygen atoms in total. The third kappa shape index (κ3) is 2.69. The predicted molar refractivity (Wildman–Crippen MR) is 94.4 cm³/mol. The van der Waals surface area contributed by atoms with Crippen molar-refractivity contribution in [2.45, 2.75) is 31.8 Å². The van der Waals surface area contributed by atoms with Crippen molar-refractivity contribution in [1.29, 1.82) is 0 Å². The predicted octanol–water partition coefficient (Wildman–Crippen LogP) is 2.12. The molecule has 140 valence electrons. The fourth-order valence-electron chi connectivity index (χ4n) is 4.94. The Hall–Kier alpha value is -2.50. The van der Waals surface area contributed by atoms with Crippen molar-refractivity contribution in [2.75, 3.05) is 6.54 Å². The van der Waals surface area contributed by atoms with E-state index in [9.17, 15) is 18.8 Å². The van der Waals surface area contributed by atoms with Crippen molar-refractivity contribution < 1.29 is 18.8 Å². The van der Waals surface area contributed by atoms with Gasteiger partial charge >= 0.3 is 0 Å². The van der Waals surface area contributed by atoms with Crippen molar-refractivity contribution in [3.63, 3.8) is 0 Å². The molecule has 3 aliphatic carbocycles. The molecule has 4 aliphatic rings. The maximum Gasteiger partial charge on any atom is 0.243 e. The van der Waals surface area contributed by atoms with Crippen LogP contribution in [0.2, 0.25) is 0 Å². The summed E-state index contributed by atoms with van der Waals surface area (Å²) in [6.07, 6.45) is 6.83. The van der Waals surface area contributed by atoms with E-state index >= 15 is 0 Å². The molecule has 2 saturated carbocycles. The van der Waals surface area contributed by atoms with Crippen LogP contribution in [-0.2, 0) is 20.9 Å². The fourth-order valence-corrected chi connectivity index (χ4v) is 4.94. The van der Waals surface area contributed by atoms with Gasteiger partial charge in [0, 0.05) is 12.6 Å². The molecule has 1 aromatic rings. The first-order valence-electron chi connectivity index (χ1n) is 9.60. The molecular weight excluding hydrogens is 347 g/mol. The summed E-state index contributed by atoms with van der Waals surface area (Å²) in [6, 6.07) is 6.23. The van der Waals surface area contributed by atoms with Crippen LogP contribution in [0.3, 0.4) is 0 Å². The largest absolute Gasteiger partial charge is 0.334 e. The quantitative estimate of drug-likeness (QED) is 0.591. The third-order valence-electron chi connectivity index (χ3n) is 6.43. The minimum absolute atomic E-state index is 0.146. The summed E-state index contributed by atoms with van der Waals surface area (Å²) in [6.45, 7) is 0.196. The van der Waals surface area contributed by atoms with E-state index < -0.39 is 0 Å². The summed E-state index contributed by atoms with van der Waals surface area (Å²) < 4.78 is 13.1. The van der Waals surface area contributed by atoms with E-state index in [2.05, 4.69) is 0 Å². The average Bonchev–Trinajstić information content (AvgIpc) is 3.21. The monoisotopic (exact) mass is 368 g/mol. The number of rotatable bonds is 5. The number of likely N-dealkylation sites (tertiary alicyclic amines) is 1. The van der Waals surface area contributed by atoms with Crippen LogP contribution in [0, 0.1) is 29.5 Å². The zero-order valence-corrected chi connectivity index (χ0v) is 14.9. The Balaban J connectivity index is 1.31. The number of nitrogens with zero attached hydrogens (tertiary/aromatic N) is 2. The first-order valence-corrected chi connectivity index (χ1v) is 9.60. The van der Waals surface area contributed by atoms with Crippen molar-refractivity contribution in [3.8, 4) is 0 Å². The second kappa shape index (κ2) is 6.01. The van der Waals surface area contributed by atoms with E-state index in [4.69, 9.17) is 0 Å². The van der Waals surface area contributed by atoms with Crippen molar-refractivity contribution in [2.24, 2.45) is 23.7 Å². The second-order valence-corrected chi connectivity index (χ2v) is 8.14. The van der Waals surface area contributed by atoms with Gasteiger partial charge in [-0.15, -0.1) is 0 Å². The molecule has 3 amide bonds. The molecule has 0 spiro atoms. The number of hydrogen-bond donors (Lipinski definition) is 0. The lowest BCUT2D eigenvalue weighted by Gasteiger charge is -2.25. The number of halogens is 1. The lowest BCUT2D eigenvalue weighted by atomic mass is 9.85. The minimum Gasteiger partial charge on any atom is -0.334 e. The Labute approximate surface area is 156 Å². The van der Waals surface area contributed by atoms with Crippen LogP contribution in [0.25, 0.3) is 0 Å². The maximum absolute atomic E-state index is 13.1. The van der Waals surface area contributed by atoms with Crippen LogP contribution < -0.4 is 0 Å². The molecule has 2 bridgehead atoms. The summed E-state index contributed by atoms with van der Waals surface area (Å²) in [5, 5.41) is 0. The number of fused-ring (bicyclic) bond motifs is 5. The lowest BCUT2D eigenvalue weighted by molar-refractivity contribution is -0.147. The molecule has 0 aromatic heterocycles. The van der Waals surface area contributed by atoms with Crippen LogP contribution in [0.15, 0.2) is 36.4 Å². The van der Waals surface area contributed by atoms with E-state index in [-0.39, 0.29) is 59.8 Å². The average molecular weight is 368 g/mol. The van der Waals surface area contributed by atoms with E-state index in [0.717, 1.165) is 24.8 Å². The highest BCUT2D eigenvalue weighted by atomic mass is 19.1. The highest BCUT2D eigenvalue weighted by molar-refractivity contribution is 6.08. The summed E-state index contributed by atoms with van der Waals surface area (Å²) in [4.78, 5) is 41.4. The highest BCUT2D eigenvalue weighted by Gasteiger charge is 2.59. The van der Waals surface area contributed by atoms with Gasteiger partial charge in [-0.2, -0.15) is 0 Å². The van der Waals surface area contributed by atoms with Gasteiger partial charge in [-0.3, -0.25) is 19.3 Å². The van der Waals surface area contributed by atoms with Crippen LogP contribution in [0.1, 0.15) is 24.8 Å². The van der Waals surface area contributed by atoms with Crippen LogP contribution in [0.4, 0.5) is 4.39 Å². The number of carbonyl (C=O) groups excluding carboxylic acids is 3. The van der Waals surface area contributed by atoms with E-state index in [1.165, 1.54) is 17.0 Å². The summed E-state index contributed by atoms with van der Waals surface area (Å²) in [5.41, 5.74) is 0.842. The van der Waals surface area contributed by atoms with Gasteiger partial charge in [-0.25, -0.2) is 4.39 Å². The van der Waals surface area contributed by atoms with Gasteiger partial charge in [0.25, 0.3) is 0 Å². The second-order valence-electron chi connectivity index (χ2n) is 8.14. The third-order valence-corrected chi connectivity index (χ3v) is 6.43. The Kier molecular flexibility index (Phi) is 3.71. The molecule has 3 fully saturated rings. The Morgan fingerprint density at radius 2 is 1.63 bits per heavy atom. The van der Waals surface area contributed by atoms with Crippen LogP contribution in [-0.4, -0.2) is 40.1 Å². The molecule has 27 heavy (non-hydrogen) atoms. The molecule has 1 saturated heterocycles. The fraction of sp³-hybridized carbons (Fsp3) is 0.476. The van der Waals surface area contributed by atoms with Gasteiger partial charge < -0.3 is 4.90 Å². The summed E-state index contributed by atoms with van der Waals surface area (Å²) in [7, 11) is 0. The van der Waals surface area contributed by atoms with Crippen molar-refractivity contribution in [3.05, 3.63) is 47.8 Å². The number of imide groups is 1. The normalized spacial score (nSPS) is 30.9. The molecule has 0 N–H and O–H groups in total. The van der Waals surface area contributed by atoms with Gasteiger partial charge in [0.2, 0.25) is 17.7 Å². The highest BCUT2D eigenvalue weighted by Crippen LogP contribution is 2.52. The first-order chi connectivity index (χ1) is 13.0. The molecular formula is C21H21FN2O3. The molecule has 0 radical (unpaired) electrons. The maximum atomic E-state index is 13.1. The van der Waals surface area contributed by atoms with E-state index in [0.29, 0.717) is 6.54 Å². The van der Waals surface area contributed by atoms with Gasteiger partial charge in [-0.1, -0.05) is 24.3 Å². The van der Waals surface area contributed by atoms with Gasteiger partial charge in [-0.05, 0) is 48.8 Å². The molecule has 4 atom stereocenters. The Morgan fingerprint density at radius 3 is 2.19 bits per heavy atom. The molecule has 5 rings (SSSR count). The smallest absolute Gasteiger partial charge is 0.243 e. The lowest BCUT2D eigenvalue weighted by Crippen LogP contribution is -2.44. The number of allylic oxidation sites excluding steroid dienone is 2. The number of benzene rings is 1. The molecule has 1 heterocycles. The number of amides is 3. The molecule has 1 aromatic carbocycles. The molecule has 1 aliphatic heterocycles. The van der Waals surface area contributed by atoms with E-state index in [1.807, 2.05) is 12.2 Å². The summed E-state index contributed by atoms with van der Waals surface area (Å²) >= 11 is 0. The Morgan fingerprint density at radius 1 is 1.04 bits per heavy atom. The minimum atomic E-state index is -0.314. The first kappa shape index (κ1) is 16.7. The van der Waals surface area contributed by atoms with Crippen molar-refractivity contribution in [1.82, 2.24) is 9.80 Å². The zero-order chi connectivity index (χ0) is 18.7. The zero-order valence-electron chi connectivity index (χ0n) is 14.9. The van der Waals surface area contributed by atoms with Gasteiger partial charge in [0.15, 0.2) is 0 Å². The standard InChI is InChI=1S/C21H21FN2O3/c22-15-5-1-12(2-6-15)10-23(16-7-8-16)17(25)11-24-20(26)18-13-3-4-14(9-13)19(18)21(24)27/h1-6,13-14,16,18-19H,7-11H2. The summed E-state index contributed by atoms with van der Waals surface area (Å²) in [5.74, 6) is -1.14. The van der Waals surface area contributed by atoms with Gasteiger partial charge in [0.1, 0.15) is 12.4 Å². The Bertz CT molecular complexity index is 815. The SMILES string of the molecule is O=C1C2C3C=CC(C3)C2C(=O)N1CC(=O)N(Cc1ccc(F)cc1)C1CC1. The molecule has 6 heteroatoms. The van der Waals surface area contributed by atoms with Crippen LogP contribution in [0.5, 0.6) is 0 Å². The number of carbonyl (C=O) groups is 3. The topological polar surface area (TPSA) is 57.7 Å². The van der Waals surface area contributed by atoms with E-state index in [1.54, 1.807) is 17.0 Å². The van der Waals surface area contributed by atoms with Crippen LogP contribution >= 0.6 is 0 Å². The van der Waals surface area contributed by atoms with Crippen molar-refractivity contribution >= 4 is 17.7 Å².